The van der Waals surface area contributed by atoms with Crippen molar-refractivity contribution < 1.29 is 13.6 Å². The summed E-state index contributed by atoms with van der Waals surface area (Å²) >= 11 is 7.85. The molecule has 3 unspecified atom stereocenters. The molecule has 3 nitrogen and oxygen atoms in total. The molecule has 2 amide bonds. The summed E-state index contributed by atoms with van der Waals surface area (Å²) < 4.78 is 27.8. The van der Waals surface area contributed by atoms with Gasteiger partial charge in [0, 0.05) is 23.5 Å². The third-order valence-corrected chi connectivity index (χ3v) is 5.47. The van der Waals surface area contributed by atoms with E-state index < -0.39 is 17.9 Å². The number of piperidine rings is 1. The maximum atomic E-state index is 13.9. The van der Waals surface area contributed by atoms with Crippen LogP contribution in [-0.2, 0) is 0 Å². The minimum atomic E-state index is -2.78. The van der Waals surface area contributed by atoms with Crippen molar-refractivity contribution in [1.82, 2.24) is 10.2 Å². The van der Waals surface area contributed by atoms with Crippen LogP contribution in [0.1, 0.15) is 38.3 Å². The van der Waals surface area contributed by atoms with Crippen molar-refractivity contribution >= 4 is 29.4 Å². The van der Waals surface area contributed by atoms with Crippen molar-refractivity contribution in [2.45, 2.75) is 44.7 Å². The van der Waals surface area contributed by atoms with E-state index in [2.05, 4.69) is 5.32 Å². The summed E-state index contributed by atoms with van der Waals surface area (Å²) in [5.41, 5.74) is 0.713. The molecule has 1 N–H and O–H groups in total. The van der Waals surface area contributed by atoms with E-state index in [-0.39, 0.29) is 31.5 Å². The molecule has 26 heavy (non-hydrogen) atoms. The lowest BCUT2D eigenvalue weighted by Gasteiger charge is -2.42. The number of alkyl halides is 2. The van der Waals surface area contributed by atoms with E-state index >= 15 is 0 Å². The quantitative estimate of drug-likeness (QED) is 0.682. The summed E-state index contributed by atoms with van der Waals surface area (Å²) in [6, 6.07) is 6.27. The van der Waals surface area contributed by atoms with E-state index in [0.29, 0.717) is 10.6 Å². The number of carbonyl (C=O) groups is 1. The van der Waals surface area contributed by atoms with Crippen molar-refractivity contribution in [3.05, 3.63) is 46.3 Å². The summed E-state index contributed by atoms with van der Waals surface area (Å²) in [5.74, 6) is -3.56. The Morgan fingerprint density at radius 1 is 1.46 bits per heavy atom. The van der Waals surface area contributed by atoms with Crippen LogP contribution in [0.5, 0.6) is 0 Å². The highest BCUT2D eigenvalue weighted by molar-refractivity contribution is 8.01. The minimum absolute atomic E-state index is 0.146. The number of nitrogens with one attached hydrogen (secondary N) is 1. The Bertz CT molecular complexity index is 651. The molecular weight excluding hydrogens is 378 g/mol. The lowest BCUT2D eigenvalue weighted by molar-refractivity contribution is -0.0686. The van der Waals surface area contributed by atoms with Crippen molar-refractivity contribution in [3.63, 3.8) is 0 Å². The standard InChI is InChI=1S/C19H25ClF2N2OS/c1-13(9-11-26-3)23-18(25)24-10-8-14(19(2,21)22)12-17(24)15-6-4-5-7-16(15)20/h4-7,9,11,13-14,17H,8,10,12H2,1-3H3,(H,23,25)/b11-9+. The Balaban J connectivity index is 2.24. The van der Waals surface area contributed by atoms with Crippen LogP contribution in [0.3, 0.4) is 0 Å². The highest BCUT2D eigenvalue weighted by Gasteiger charge is 2.42. The molecule has 3 atom stereocenters. The fourth-order valence-corrected chi connectivity index (χ4v) is 3.89. The molecule has 1 aliphatic heterocycles. The van der Waals surface area contributed by atoms with E-state index in [1.165, 1.54) is 0 Å². The molecule has 2 rings (SSSR count). The SMILES string of the molecule is CS/C=C/C(C)NC(=O)N1CCC(C(C)(F)F)CC1c1ccccc1Cl. The molecular formula is C19H25ClF2N2OS. The van der Waals surface area contributed by atoms with Crippen LogP contribution in [0.4, 0.5) is 13.6 Å². The molecule has 0 radical (unpaired) electrons. The number of halogens is 3. The molecule has 1 saturated heterocycles. The number of rotatable bonds is 5. The van der Waals surface area contributed by atoms with Crippen molar-refractivity contribution in [3.8, 4) is 0 Å². The minimum Gasteiger partial charge on any atom is -0.332 e. The maximum Gasteiger partial charge on any atom is 0.318 e. The summed E-state index contributed by atoms with van der Waals surface area (Å²) in [6.45, 7) is 3.10. The van der Waals surface area contributed by atoms with E-state index in [4.69, 9.17) is 11.6 Å². The molecule has 0 aromatic heterocycles. The average Bonchev–Trinajstić information content (AvgIpc) is 2.59. The van der Waals surface area contributed by atoms with Crippen LogP contribution >= 0.6 is 23.4 Å². The second kappa shape index (κ2) is 9.09. The predicted octanol–water partition coefficient (Wildman–Crippen LogP) is 5.72. The van der Waals surface area contributed by atoms with Crippen LogP contribution in [0, 0.1) is 5.92 Å². The zero-order chi connectivity index (χ0) is 19.3. The van der Waals surface area contributed by atoms with Gasteiger partial charge in [-0.1, -0.05) is 35.9 Å². The van der Waals surface area contributed by atoms with Crippen molar-refractivity contribution in [1.29, 1.82) is 0 Å². The number of hydrogen-bond acceptors (Lipinski definition) is 2. The second-order valence-corrected chi connectivity index (χ2v) is 7.86. The molecule has 0 saturated carbocycles. The van der Waals surface area contributed by atoms with Gasteiger partial charge in [-0.05, 0) is 50.0 Å². The maximum absolute atomic E-state index is 13.9. The smallest absolute Gasteiger partial charge is 0.318 e. The fourth-order valence-electron chi connectivity index (χ4n) is 3.23. The van der Waals surface area contributed by atoms with Gasteiger partial charge in [0.2, 0.25) is 5.92 Å². The van der Waals surface area contributed by atoms with Gasteiger partial charge in [0.1, 0.15) is 0 Å². The first-order valence-corrected chi connectivity index (χ1v) is 10.3. The highest BCUT2D eigenvalue weighted by Crippen LogP contribution is 2.42. The van der Waals surface area contributed by atoms with Crippen molar-refractivity contribution in [2.75, 3.05) is 12.8 Å². The molecule has 0 aliphatic carbocycles. The van der Waals surface area contributed by atoms with Crippen LogP contribution in [0.2, 0.25) is 5.02 Å². The average molecular weight is 403 g/mol. The molecule has 1 aromatic rings. The first-order chi connectivity index (χ1) is 12.2. The van der Waals surface area contributed by atoms with Gasteiger partial charge in [-0.25, -0.2) is 13.6 Å². The van der Waals surface area contributed by atoms with Gasteiger partial charge >= 0.3 is 6.03 Å². The van der Waals surface area contributed by atoms with Crippen LogP contribution in [0.15, 0.2) is 35.7 Å². The van der Waals surface area contributed by atoms with Crippen LogP contribution in [-0.4, -0.2) is 35.7 Å². The van der Waals surface area contributed by atoms with Crippen molar-refractivity contribution in [2.24, 2.45) is 5.92 Å². The van der Waals surface area contributed by atoms with Gasteiger partial charge in [-0.15, -0.1) is 11.8 Å². The van der Waals surface area contributed by atoms with Gasteiger partial charge in [-0.3, -0.25) is 0 Å². The number of carbonyl (C=O) groups excluding carboxylic acids is 1. The zero-order valence-corrected chi connectivity index (χ0v) is 16.8. The zero-order valence-electron chi connectivity index (χ0n) is 15.2. The van der Waals surface area contributed by atoms with E-state index in [9.17, 15) is 13.6 Å². The van der Waals surface area contributed by atoms with E-state index in [1.54, 1.807) is 34.9 Å². The molecule has 1 aromatic carbocycles. The van der Waals surface area contributed by atoms with Crippen LogP contribution < -0.4 is 5.32 Å². The number of amides is 2. The fraction of sp³-hybridized carbons (Fsp3) is 0.526. The van der Waals surface area contributed by atoms with Gasteiger partial charge in [0.05, 0.1) is 6.04 Å². The Labute approximate surface area is 163 Å². The molecule has 7 heteroatoms. The lowest BCUT2D eigenvalue weighted by Crippen LogP contribution is -2.50. The van der Waals surface area contributed by atoms with Gasteiger partial charge in [0.25, 0.3) is 0 Å². The van der Waals surface area contributed by atoms with Gasteiger partial charge in [0.15, 0.2) is 0 Å². The third-order valence-electron chi connectivity index (χ3n) is 4.70. The number of hydrogen-bond donors (Lipinski definition) is 1. The lowest BCUT2D eigenvalue weighted by atomic mass is 9.84. The first kappa shape index (κ1) is 21.0. The Kier molecular flexibility index (Phi) is 7.35. The topological polar surface area (TPSA) is 32.3 Å². The number of nitrogens with zero attached hydrogens (tertiary/aromatic N) is 1. The first-order valence-electron chi connectivity index (χ1n) is 8.63. The molecule has 1 aliphatic rings. The monoisotopic (exact) mass is 402 g/mol. The normalized spacial score (nSPS) is 22.5. The number of urea groups is 1. The predicted molar refractivity (Wildman–Crippen MR) is 105 cm³/mol. The molecule has 0 bridgehead atoms. The van der Waals surface area contributed by atoms with E-state index in [1.807, 2.05) is 30.7 Å². The second-order valence-electron chi connectivity index (χ2n) is 6.71. The summed E-state index contributed by atoms with van der Waals surface area (Å²) in [5, 5.41) is 5.31. The van der Waals surface area contributed by atoms with Gasteiger partial charge in [-0.2, -0.15) is 0 Å². The Morgan fingerprint density at radius 3 is 2.77 bits per heavy atom. The molecule has 0 spiro atoms. The third kappa shape index (κ3) is 5.36. The molecule has 1 fully saturated rings. The summed E-state index contributed by atoms with van der Waals surface area (Å²) in [6.07, 6.45) is 4.29. The summed E-state index contributed by atoms with van der Waals surface area (Å²) in [7, 11) is 0. The number of likely N-dealkylation sites (tertiary alicyclic amines) is 1. The van der Waals surface area contributed by atoms with E-state index in [0.717, 1.165) is 6.92 Å². The Morgan fingerprint density at radius 2 is 2.15 bits per heavy atom. The van der Waals surface area contributed by atoms with Crippen LogP contribution in [0.25, 0.3) is 0 Å². The molecule has 144 valence electrons. The highest BCUT2D eigenvalue weighted by atomic mass is 35.5. The van der Waals surface area contributed by atoms with Gasteiger partial charge < -0.3 is 10.2 Å². The largest absolute Gasteiger partial charge is 0.332 e. The number of benzene rings is 1. The molecule has 1 heterocycles. The number of thioether (sulfide) groups is 1. The summed E-state index contributed by atoms with van der Waals surface area (Å²) in [4.78, 5) is 14.4. The Hall–Kier alpha value is -1.27.